The maximum atomic E-state index is 12.6. The largest absolute Gasteiger partial charge is 0.440 e. The van der Waals surface area contributed by atoms with Crippen molar-refractivity contribution in [3.05, 3.63) is 30.1 Å². The number of hydrogen-bond acceptors (Lipinski definition) is 2. The Morgan fingerprint density at radius 3 is 2.38 bits per heavy atom. The molecule has 0 saturated carbocycles. The molecule has 4 nitrogen and oxygen atoms in total. The molecule has 0 spiro atoms. The van der Waals surface area contributed by atoms with E-state index in [-0.39, 0.29) is 11.6 Å². The molecule has 16 heavy (non-hydrogen) atoms. The highest BCUT2D eigenvalue weighted by Gasteiger charge is 2.04. The summed E-state index contributed by atoms with van der Waals surface area (Å²) in [5.74, 6) is 0.418. The molecule has 0 aliphatic rings. The number of halogens is 1. The van der Waals surface area contributed by atoms with Gasteiger partial charge in [-0.3, -0.25) is 0 Å². The maximum absolute atomic E-state index is 12.6. The van der Waals surface area contributed by atoms with E-state index in [1.54, 1.807) is 25.9 Å². The van der Waals surface area contributed by atoms with Crippen LogP contribution in [0.25, 0.3) is 0 Å². The van der Waals surface area contributed by atoms with Gasteiger partial charge in [-0.25, -0.2) is 9.18 Å². The number of amides is 1. The molecular formula is C11H13FN2O2. The van der Waals surface area contributed by atoms with Crippen LogP contribution in [0.4, 0.5) is 9.18 Å². The van der Waals surface area contributed by atoms with E-state index in [9.17, 15) is 9.18 Å². The zero-order valence-corrected chi connectivity index (χ0v) is 9.40. The number of ether oxygens (including phenoxy) is 1. The summed E-state index contributed by atoms with van der Waals surface area (Å²) in [7, 11) is 3.54. The Morgan fingerprint density at radius 1 is 1.31 bits per heavy atom. The van der Waals surface area contributed by atoms with Gasteiger partial charge >= 0.3 is 6.09 Å². The van der Waals surface area contributed by atoms with Gasteiger partial charge in [0.15, 0.2) is 0 Å². The predicted octanol–water partition coefficient (Wildman–Crippen LogP) is 2.30. The standard InChI is InChI=1S/C11H13FN2O2/c1-8(14(2)3)13-11(15)16-10-6-4-9(12)5-7-10/h4-7H,1-3H3/b13-8-. The van der Waals surface area contributed by atoms with Gasteiger partial charge in [0.05, 0.1) is 0 Å². The Morgan fingerprint density at radius 2 is 1.88 bits per heavy atom. The lowest BCUT2D eigenvalue weighted by atomic mass is 10.3. The Balaban J connectivity index is 2.65. The van der Waals surface area contributed by atoms with Crippen LogP contribution in [0.1, 0.15) is 6.92 Å². The molecule has 0 saturated heterocycles. The van der Waals surface area contributed by atoms with Crippen molar-refractivity contribution >= 4 is 11.9 Å². The lowest BCUT2D eigenvalue weighted by Crippen LogP contribution is -2.20. The third-order valence-corrected chi connectivity index (χ3v) is 1.92. The Hall–Kier alpha value is -1.91. The van der Waals surface area contributed by atoms with Crippen LogP contribution in [0.3, 0.4) is 0 Å². The molecular weight excluding hydrogens is 211 g/mol. The number of benzene rings is 1. The second-order valence-corrected chi connectivity index (χ2v) is 3.38. The summed E-state index contributed by atoms with van der Waals surface area (Å²) in [5.41, 5.74) is 0. The fourth-order valence-corrected chi connectivity index (χ4v) is 0.858. The monoisotopic (exact) mass is 224 g/mol. The van der Waals surface area contributed by atoms with Gasteiger partial charge in [-0.1, -0.05) is 0 Å². The minimum Gasteiger partial charge on any atom is -0.409 e. The van der Waals surface area contributed by atoms with Crippen molar-refractivity contribution in [1.29, 1.82) is 0 Å². The van der Waals surface area contributed by atoms with Crippen molar-refractivity contribution in [2.45, 2.75) is 6.92 Å². The third-order valence-electron chi connectivity index (χ3n) is 1.92. The Bertz CT molecular complexity index is 399. The zero-order valence-electron chi connectivity index (χ0n) is 9.40. The van der Waals surface area contributed by atoms with E-state index >= 15 is 0 Å². The Labute approximate surface area is 93.4 Å². The topological polar surface area (TPSA) is 41.9 Å². The molecule has 0 heterocycles. The first-order chi connectivity index (χ1) is 7.49. The van der Waals surface area contributed by atoms with Gasteiger partial charge in [0.25, 0.3) is 0 Å². The molecule has 0 bridgehead atoms. The first kappa shape index (κ1) is 12.2. The molecule has 5 heteroatoms. The van der Waals surface area contributed by atoms with Crippen molar-refractivity contribution in [3.8, 4) is 5.75 Å². The van der Waals surface area contributed by atoms with Crippen LogP contribution in [-0.4, -0.2) is 30.9 Å². The van der Waals surface area contributed by atoms with Crippen LogP contribution in [-0.2, 0) is 0 Å². The molecule has 0 unspecified atom stereocenters. The number of carbonyl (C=O) groups is 1. The molecule has 0 aromatic heterocycles. The average molecular weight is 224 g/mol. The van der Waals surface area contributed by atoms with E-state index in [0.29, 0.717) is 5.84 Å². The number of nitrogens with zero attached hydrogens (tertiary/aromatic N) is 2. The van der Waals surface area contributed by atoms with Crippen LogP contribution in [0.15, 0.2) is 29.3 Å². The average Bonchev–Trinajstić information content (AvgIpc) is 2.21. The van der Waals surface area contributed by atoms with E-state index in [1.807, 2.05) is 0 Å². The first-order valence-corrected chi connectivity index (χ1v) is 4.69. The first-order valence-electron chi connectivity index (χ1n) is 4.69. The minimum absolute atomic E-state index is 0.265. The van der Waals surface area contributed by atoms with Gasteiger partial charge in [0, 0.05) is 14.1 Å². The van der Waals surface area contributed by atoms with Gasteiger partial charge < -0.3 is 9.64 Å². The summed E-state index contributed by atoms with van der Waals surface area (Å²) in [5, 5.41) is 0. The van der Waals surface area contributed by atoms with E-state index < -0.39 is 6.09 Å². The van der Waals surface area contributed by atoms with Gasteiger partial charge in [0.2, 0.25) is 0 Å². The molecule has 0 radical (unpaired) electrons. The summed E-state index contributed by atoms with van der Waals surface area (Å²) in [6.07, 6.45) is -0.724. The normalized spacial score (nSPS) is 11.1. The number of aliphatic imine (C=N–C) groups is 1. The molecule has 1 rings (SSSR count). The summed E-state index contributed by atoms with van der Waals surface area (Å²) in [4.78, 5) is 16.7. The maximum Gasteiger partial charge on any atom is 0.440 e. The molecule has 0 N–H and O–H groups in total. The molecule has 1 amide bonds. The summed E-state index contributed by atoms with van der Waals surface area (Å²) in [6, 6.07) is 5.16. The zero-order chi connectivity index (χ0) is 12.1. The summed E-state index contributed by atoms with van der Waals surface area (Å²) < 4.78 is 17.4. The highest BCUT2D eigenvalue weighted by Crippen LogP contribution is 2.11. The van der Waals surface area contributed by atoms with Crippen molar-refractivity contribution in [2.75, 3.05) is 14.1 Å². The lowest BCUT2D eigenvalue weighted by Gasteiger charge is -2.10. The van der Waals surface area contributed by atoms with Crippen molar-refractivity contribution < 1.29 is 13.9 Å². The SMILES string of the molecule is C/C(=N/C(=O)Oc1ccc(F)cc1)N(C)C. The van der Waals surface area contributed by atoms with Gasteiger partial charge in [0.1, 0.15) is 17.4 Å². The number of amidine groups is 1. The third kappa shape index (κ3) is 3.68. The lowest BCUT2D eigenvalue weighted by molar-refractivity contribution is 0.211. The van der Waals surface area contributed by atoms with Gasteiger partial charge in [-0.2, -0.15) is 4.99 Å². The molecule has 1 aromatic carbocycles. The van der Waals surface area contributed by atoms with Crippen LogP contribution >= 0.6 is 0 Å². The van der Waals surface area contributed by atoms with Gasteiger partial charge in [-0.15, -0.1) is 0 Å². The second-order valence-electron chi connectivity index (χ2n) is 3.38. The highest BCUT2D eigenvalue weighted by atomic mass is 19.1. The second kappa shape index (κ2) is 5.25. The highest BCUT2D eigenvalue weighted by molar-refractivity contribution is 5.90. The van der Waals surface area contributed by atoms with Crippen LogP contribution in [0.2, 0.25) is 0 Å². The number of carbonyl (C=O) groups excluding carboxylic acids is 1. The molecule has 0 aliphatic heterocycles. The van der Waals surface area contributed by atoms with E-state index in [1.165, 1.54) is 24.3 Å². The van der Waals surface area contributed by atoms with Crippen LogP contribution in [0, 0.1) is 5.82 Å². The van der Waals surface area contributed by atoms with Crippen LogP contribution < -0.4 is 4.74 Å². The number of rotatable bonds is 1. The quantitative estimate of drug-likeness (QED) is 0.543. The van der Waals surface area contributed by atoms with E-state index in [0.717, 1.165) is 0 Å². The smallest absolute Gasteiger partial charge is 0.409 e. The molecule has 0 atom stereocenters. The van der Waals surface area contributed by atoms with Crippen LogP contribution in [0.5, 0.6) is 5.75 Å². The Kier molecular flexibility index (Phi) is 3.99. The predicted molar refractivity (Wildman–Crippen MR) is 59.2 cm³/mol. The fourth-order valence-electron chi connectivity index (χ4n) is 0.858. The van der Waals surface area contributed by atoms with Crippen molar-refractivity contribution in [1.82, 2.24) is 4.90 Å². The summed E-state index contributed by atoms with van der Waals surface area (Å²) >= 11 is 0. The molecule has 1 aromatic rings. The van der Waals surface area contributed by atoms with Gasteiger partial charge in [-0.05, 0) is 31.2 Å². The molecule has 86 valence electrons. The minimum atomic E-state index is -0.724. The summed E-state index contributed by atoms with van der Waals surface area (Å²) in [6.45, 7) is 1.69. The van der Waals surface area contributed by atoms with E-state index in [4.69, 9.17) is 4.74 Å². The fraction of sp³-hybridized carbons (Fsp3) is 0.273. The molecule has 0 fully saturated rings. The number of hydrogen-bond donors (Lipinski definition) is 0. The molecule has 0 aliphatic carbocycles. The van der Waals surface area contributed by atoms with Crippen molar-refractivity contribution in [3.63, 3.8) is 0 Å². The van der Waals surface area contributed by atoms with E-state index in [2.05, 4.69) is 4.99 Å². The van der Waals surface area contributed by atoms with Crippen molar-refractivity contribution in [2.24, 2.45) is 4.99 Å².